The first-order valence-corrected chi connectivity index (χ1v) is 10.6. The van der Waals surface area contributed by atoms with Gasteiger partial charge in [0.2, 0.25) is 0 Å². The van der Waals surface area contributed by atoms with Crippen LogP contribution in [0.15, 0.2) is 47.4 Å². The number of hydrogen-bond donors (Lipinski definition) is 1. The number of nitrogens with zero attached hydrogens (tertiary/aromatic N) is 2. The molecule has 7 nitrogen and oxygen atoms in total. The average Bonchev–Trinajstić information content (AvgIpc) is 3.22. The van der Waals surface area contributed by atoms with E-state index in [0.29, 0.717) is 11.3 Å². The summed E-state index contributed by atoms with van der Waals surface area (Å²) in [5, 5.41) is 2.87. The first-order valence-electron chi connectivity index (χ1n) is 9.13. The van der Waals surface area contributed by atoms with Gasteiger partial charge in [0.15, 0.2) is 0 Å². The van der Waals surface area contributed by atoms with Crippen molar-refractivity contribution in [1.29, 1.82) is 0 Å². The molecule has 0 aromatic heterocycles. The molecule has 1 heterocycles. The van der Waals surface area contributed by atoms with Gasteiger partial charge in [0, 0.05) is 37.1 Å². The molecule has 0 atom stereocenters. The minimum Gasteiger partial charge on any atom is -0.371 e. The molecule has 1 aliphatic heterocycles. The van der Waals surface area contributed by atoms with Crippen molar-refractivity contribution in [1.82, 2.24) is 4.47 Å². The maximum atomic E-state index is 12.5. The Bertz CT molecular complexity index is 952. The molecule has 2 aromatic carbocycles. The van der Waals surface area contributed by atoms with Crippen LogP contribution < -0.4 is 10.2 Å². The van der Waals surface area contributed by atoms with Crippen molar-refractivity contribution in [2.24, 2.45) is 0 Å². The summed E-state index contributed by atoms with van der Waals surface area (Å²) in [4.78, 5) is 19.7. The van der Waals surface area contributed by atoms with Crippen LogP contribution in [0.4, 0.5) is 11.4 Å². The molecule has 150 valence electrons. The van der Waals surface area contributed by atoms with Crippen LogP contribution in [0.25, 0.3) is 0 Å². The van der Waals surface area contributed by atoms with Gasteiger partial charge in [-0.2, -0.15) is 0 Å². The third kappa shape index (κ3) is 4.19. The number of hydrogen-bond acceptors (Lipinski definition) is 5. The lowest BCUT2D eigenvalue weighted by Crippen LogP contribution is -2.25. The number of carbonyl (C=O) groups is 1. The van der Waals surface area contributed by atoms with E-state index in [1.54, 1.807) is 0 Å². The zero-order valence-electron chi connectivity index (χ0n) is 16.3. The minimum absolute atomic E-state index is 0.0548. The lowest BCUT2D eigenvalue weighted by atomic mass is 10.1. The van der Waals surface area contributed by atoms with E-state index in [2.05, 4.69) is 10.2 Å². The molecule has 1 saturated heterocycles. The second kappa shape index (κ2) is 8.30. The van der Waals surface area contributed by atoms with E-state index >= 15 is 0 Å². The SMILES string of the molecule is CON(C)S(=O)(=O)c1ccc(C(=O)Nc2ccc(N3CCCC3)c(C)c2)cc1. The Kier molecular flexibility index (Phi) is 6.02. The summed E-state index contributed by atoms with van der Waals surface area (Å²) in [6.07, 6.45) is 2.42. The fourth-order valence-corrected chi connectivity index (χ4v) is 4.25. The Morgan fingerprint density at radius 2 is 1.75 bits per heavy atom. The van der Waals surface area contributed by atoms with Gasteiger partial charge in [0.05, 0.1) is 12.0 Å². The molecule has 8 heteroatoms. The summed E-state index contributed by atoms with van der Waals surface area (Å²) in [7, 11) is -1.15. The molecule has 28 heavy (non-hydrogen) atoms. The van der Waals surface area contributed by atoms with Crippen LogP contribution in [0, 0.1) is 6.92 Å². The predicted octanol–water partition coefficient (Wildman–Crippen LogP) is 3.03. The highest BCUT2D eigenvalue weighted by atomic mass is 32.2. The van der Waals surface area contributed by atoms with Crippen molar-refractivity contribution >= 4 is 27.3 Å². The predicted molar refractivity (Wildman–Crippen MR) is 109 cm³/mol. The Hall–Kier alpha value is -2.42. The number of sulfonamides is 1. The highest BCUT2D eigenvalue weighted by Crippen LogP contribution is 2.27. The lowest BCUT2D eigenvalue weighted by molar-refractivity contribution is -0.0258. The molecular weight excluding hydrogens is 378 g/mol. The fraction of sp³-hybridized carbons (Fsp3) is 0.350. The Morgan fingerprint density at radius 3 is 2.32 bits per heavy atom. The molecule has 0 aliphatic carbocycles. The fourth-order valence-electron chi connectivity index (χ4n) is 3.27. The van der Waals surface area contributed by atoms with E-state index in [4.69, 9.17) is 4.84 Å². The van der Waals surface area contributed by atoms with Gasteiger partial charge in [-0.1, -0.05) is 4.47 Å². The molecule has 1 amide bonds. The van der Waals surface area contributed by atoms with Gasteiger partial charge in [0.1, 0.15) is 0 Å². The molecule has 1 N–H and O–H groups in total. The average molecular weight is 404 g/mol. The number of aryl methyl sites for hydroxylation is 1. The van der Waals surface area contributed by atoms with Gasteiger partial charge in [-0.3, -0.25) is 9.63 Å². The Labute approximate surface area is 165 Å². The van der Waals surface area contributed by atoms with Crippen molar-refractivity contribution < 1.29 is 18.0 Å². The second-order valence-electron chi connectivity index (χ2n) is 6.77. The lowest BCUT2D eigenvalue weighted by Gasteiger charge is -2.20. The minimum atomic E-state index is -3.73. The number of nitrogens with one attached hydrogen (secondary N) is 1. The summed E-state index contributed by atoms with van der Waals surface area (Å²) in [5.41, 5.74) is 3.40. The highest BCUT2D eigenvalue weighted by Gasteiger charge is 2.21. The van der Waals surface area contributed by atoms with Crippen LogP contribution in [0.2, 0.25) is 0 Å². The van der Waals surface area contributed by atoms with E-state index in [9.17, 15) is 13.2 Å². The molecule has 0 bridgehead atoms. The smallest absolute Gasteiger partial charge is 0.264 e. The number of rotatable bonds is 6. The maximum Gasteiger partial charge on any atom is 0.264 e. The topological polar surface area (TPSA) is 78.9 Å². The number of amides is 1. The van der Waals surface area contributed by atoms with Crippen LogP contribution >= 0.6 is 0 Å². The van der Waals surface area contributed by atoms with E-state index in [0.717, 1.165) is 23.1 Å². The van der Waals surface area contributed by atoms with Crippen molar-refractivity contribution in [2.75, 3.05) is 37.5 Å². The number of carbonyl (C=O) groups excluding carboxylic acids is 1. The molecule has 0 unspecified atom stereocenters. The Balaban J connectivity index is 1.72. The van der Waals surface area contributed by atoms with Gasteiger partial charge in [-0.25, -0.2) is 8.42 Å². The quantitative estimate of drug-likeness (QED) is 0.750. The normalized spacial score (nSPS) is 14.5. The van der Waals surface area contributed by atoms with Gasteiger partial charge < -0.3 is 10.2 Å². The van der Waals surface area contributed by atoms with Crippen LogP contribution in [0.3, 0.4) is 0 Å². The molecule has 0 saturated carbocycles. The summed E-state index contributed by atoms with van der Waals surface area (Å²) in [5.74, 6) is -0.294. The molecule has 0 radical (unpaired) electrons. The molecular formula is C20H25N3O4S. The number of anilines is 2. The third-order valence-corrected chi connectivity index (χ3v) is 6.61. The molecule has 1 fully saturated rings. The van der Waals surface area contributed by atoms with Crippen LogP contribution in [0.5, 0.6) is 0 Å². The van der Waals surface area contributed by atoms with E-state index < -0.39 is 10.0 Å². The molecule has 0 spiro atoms. The van der Waals surface area contributed by atoms with Gasteiger partial charge >= 0.3 is 0 Å². The zero-order valence-corrected chi connectivity index (χ0v) is 17.1. The van der Waals surface area contributed by atoms with Crippen LogP contribution in [-0.4, -0.2) is 46.0 Å². The molecule has 3 rings (SSSR count). The van der Waals surface area contributed by atoms with Gasteiger partial charge in [-0.05, 0) is 67.8 Å². The first kappa shape index (κ1) is 20.3. The zero-order chi connectivity index (χ0) is 20.3. The van der Waals surface area contributed by atoms with Crippen LogP contribution in [-0.2, 0) is 14.9 Å². The highest BCUT2D eigenvalue weighted by molar-refractivity contribution is 7.89. The number of hydroxylamine groups is 1. The van der Waals surface area contributed by atoms with Crippen molar-refractivity contribution in [3.63, 3.8) is 0 Å². The summed E-state index contributed by atoms with van der Waals surface area (Å²) < 4.78 is 25.2. The third-order valence-electron chi connectivity index (χ3n) is 4.91. The standard InChI is InChI=1S/C20H25N3O4S/c1-15-14-17(8-11-19(15)23-12-4-5-13-23)21-20(24)16-6-9-18(10-7-16)28(25,26)22(2)27-3/h6-11,14H,4-5,12-13H2,1-3H3,(H,21,24). The van der Waals surface area contributed by atoms with Crippen molar-refractivity contribution in [3.8, 4) is 0 Å². The van der Waals surface area contributed by atoms with E-state index in [1.165, 1.54) is 57.0 Å². The largest absolute Gasteiger partial charge is 0.371 e. The summed E-state index contributed by atoms with van der Waals surface area (Å²) in [6, 6.07) is 11.6. The van der Waals surface area contributed by atoms with Gasteiger partial charge in [-0.15, -0.1) is 0 Å². The second-order valence-corrected chi connectivity index (χ2v) is 8.71. The molecule has 2 aromatic rings. The van der Waals surface area contributed by atoms with E-state index in [-0.39, 0.29) is 10.8 Å². The monoisotopic (exact) mass is 403 g/mol. The van der Waals surface area contributed by atoms with E-state index in [1.807, 2.05) is 25.1 Å². The van der Waals surface area contributed by atoms with Crippen molar-refractivity contribution in [2.45, 2.75) is 24.7 Å². The molecule has 1 aliphatic rings. The van der Waals surface area contributed by atoms with Crippen LogP contribution in [0.1, 0.15) is 28.8 Å². The number of benzene rings is 2. The summed E-state index contributed by atoms with van der Waals surface area (Å²) in [6.45, 7) is 4.18. The maximum absolute atomic E-state index is 12.5. The summed E-state index contributed by atoms with van der Waals surface area (Å²) >= 11 is 0. The van der Waals surface area contributed by atoms with Crippen molar-refractivity contribution in [3.05, 3.63) is 53.6 Å². The van der Waals surface area contributed by atoms with Gasteiger partial charge in [0.25, 0.3) is 15.9 Å². The first-order chi connectivity index (χ1) is 13.3. The Morgan fingerprint density at radius 1 is 1.11 bits per heavy atom.